The van der Waals surface area contributed by atoms with E-state index in [9.17, 15) is 0 Å². The second-order valence-electron chi connectivity index (χ2n) is 5.56. The topological polar surface area (TPSA) is 41.1 Å². The summed E-state index contributed by atoms with van der Waals surface area (Å²) < 4.78 is 1.01. The Bertz CT molecular complexity index is 445. The monoisotopic (exact) mass is 324 g/mol. The van der Waals surface area contributed by atoms with Crippen LogP contribution in [0.15, 0.2) is 10.7 Å². The first-order valence-electron chi connectivity index (χ1n) is 7.26. The van der Waals surface area contributed by atoms with Gasteiger partial charge in [0.25, 0.3) is 0 Å². The van der Waals surface area contributed by atoms with E-state index in [2.05, 4.69) is 36.1 Å². The molecule has 2 heterocycles. The summed E-state index contributed by atoms with van der Waals surface area (Å²) in [6.07, 6.45) is 10.1. The summed E-state index contributed by atoms with van der Waals surface area (Å²) in [4.78, 5) is 11.4. The molecule has 1 aromatic heterocycles. The lowest BCUT2D eigenvalue weighted by molar-refractivity contribution is 0.429. The Kier molecular flexibility index (Phi) is 3.91. The zero-order valence-electron chi connectivity index (χ0n) is 11.4. The molecule has 0 amide bonds. The summed E-state index contributed by atoms with van der Waals surface area (Å²) in [6, 6.07) is 0.679. The molecule has 19 heavy (non-hydrogen) atoms. The van der Waals surface area contributed by atoms with Gasteiger partial charge in [-0.3, -0.25) is 0 Å². The molecule has 1 unspecified atom stereocenters. The largest absolute Gasteiger partial charge is 0.357 e. The molecule has 4 nitrogen and oxygen atoms in total. The third-order valence-corrected chi connectivity index (χ3v) is 5.02. The number of anilines is 2. The number of hydrogen-bond donors (Lipinski definition) is 1. The van der Waals surface area contributed by atoms with Gasteiger partial charge < -0.3 is 10.2 Å². The van der Waals surface area contributed by atoms with E-state index in [4.69, 9.17) is 0 Å². The Hall–Kier alpha value is -0.840. The van der Waals surface area contributed by atoms with Crippen molar-refractivity contribution in [2.45, 2.75) is 44.6 Å². The van der Waals surface area contributed by atoms with Crippen molar-refractivity contribution in [3.05, 3.63) is 10.7 Å². The van der Waals surface area contributed by atoms with E-state index in [1.165, 1.54) is 38.5 Å². The van der Waals surface area contributed by atoms with E-state index < -0.39 is 0 Å². The molecule has 1 atom stereocenters. The maximum absolute atomic E-state index is 4.65. The van der Waals surface area contributed by atoms with Gasteiger partial charge in [0.2, 0.25) is 5.95 Å². The van der Waals surface area contributed by atoms with Crippen LogP contribution in [0, 0.1) is 5.92 Å². The normalized spacial score (nSPS) is 24.1. The van der Waals surface area contributed by atoms with Crippen LogP contribution in [-0.2, 0) is 0 Å². The molecule has 3 rings (SSSR count). The minimum absolute atomic E-state index is 0.679. The number of hydrogen-bond acceptors (Lipinski definition) is 4. The Morgan fingerprint density at radius 2 is 2.05 bits per heavy atom. The highest BCUT2D eigenvalue weighted by Crippen LogP contribution is 2.39. The summed E-state index contributed by atoms with van der Waals surface area (Å²) in [7, 11) is 1.87. The van der Waals surface area contributed by atoms with Gasteiger partial charge in [-0.25, -0.2) is 4.98 Å². The zero-order valence-corrected chi connectivity index (χ0v) is 13.0. The molecule has 2 fully saturated rings. The fourth-order valence-corrected chi connectivity index (χ4v) is 3.99. The van der Waals surface area contributed by atoms with Gasteiger partial charge in [0.05, 0.1) is 4.47 Å². The lowest BCUT2D eigenvalue weighted by atomic mass is 9.96. The van der Waals surface area contributed by atoms with Crippen molar-refractivity contribution in [2.24, 2.45) is 5.92 Å². The summed E-state index contributed by atoms with van der Waals surface area (Å²) >= 11 is 3.61. The summed E-state index contributed by atoms with van der Waals surface area (Å²) in [5.74, 6) is 2.63. The molecule has 104 valence electrons. The SMILES string of the molecule is CNc1ncc(Br)c(N2CCCC2C2CCCC2)n1. The van der Waals surface area contributed by atoms with Gasteiger partial charge in [-0.05, 0) is 47.5 Å². The van der Waals surface area contributed by atoms with Gasteiger partial charge in [0.15, 0.2) is 0 Å². The minimum atomic E-state index is 0.679. The molecular weight excluding hydrogens is 304 g/mol. The van der Waals surface area contributed by atoms with E-state index >= 15 is 0 Å². The highest BCUT2D eigenvalue weighted by atomic mass is 79.9. The number of halogens is 1. The van der Waals surface area contributed by atoms with Gasteiger partial charge in [-0.2, -0.15) is 4.98 Å². The molecule has 1 aromatic rings. The quantitative estimate of drug-likeness (QED) is 0.924. The lowest BCUT2D eigenvalue weighted by Crippen LogP contribution is -2.35. The van der Waals surface area contributed by atoms with E-state index in [1.807, 2.05) is 13.2 Å². The van der Waals surface area contributed by atoms with Crippen molar-refractivity contribution >= 4 is 27.7 Å². The first-order valence-corrected chi connectivity index (χ1v) is 8.06. The molecule has 2 aliphatic rings. The average molecular weight is 325 g/mol. The lowest BCUT2D eigenvalue weighted by Gasteiger charge is -2.31. The fourth-order valence-electron chi connectivity index (χ4n) is 3.57. The standard InChI is InChI=1S/C14H21BrN4/c1-16-14-17-9-11(15)13(18-14)19-8-4-7-12(19)10-5-2-3-6-10/h9-10,12H,2-8H2,1H3,(H,16,17,18). The molecule has 1 saturated carbocycles. The van der Waals surface area contributed by atoms with Gasteiger partial charge in [-0.1, -0.05) is 12.8 Å². The molecule has 0 bridgehead atoms. The number of aromatic nitrogens is 2. The molecule has 1 saturated heterocycles. The second-order valence-corrected chi connectivity index (χ2v) is 6.42. The molecule has 0 radical (unpaired) electrons. The predicted octanol–water partition coefficient (Wildman–Crippen LogP) is 3.44. The molecule has 0 aromatic carbocycles. The fraction of sp³-hybridized carbons (Fsp3) is 0.714. The summed E-state index contributed by atoms with van der Waals surface area (Å²) in [5.41, 5.74) is 0. The van der Waals surface area contributed by atoms with E-state index in [1.54, 1.807) is 0 Å². The third kappa shape index (κ3) is 2.57. The Labute approximate surface area is 123 Å². The Morgan fingerprint density at radius 1 is 1.26 bits per heavy atom. The van der Waals surface area contributed by atoms with E-state index in [-0.39, 0.29) is 0 Å². The van der Waals surface area contributed by atoms with Crippen molar-refractivity contribution < 1.29 is 0 Å². The molecule has 5 heteroatoms. The first kappa shape index (κ1) is 13.2. The van der Waals surface area contributed by atoms with Crippen molar-refractivity contribution in [3.8, 4) is 0 Å². The van der Waals surface area contributed by atoms with Crippen LogP contribution in [0.25, 0.3) is 0 Å². The summed E-state index contributed by atoms with van der Waals surface area (Å²) in [5, 5.41) is 3.03. The van der Waals surface area contributed by atoms with Crippen molar-refractivity contribution in [2.75, 3.05) is 23.8 Å². The molecular formula is C14H21BrN4. The second kappa shape index (κ2) is 5.65. The van der Waals surface area contributed by atoms with Gasteiger partial charge in [-0.15, -0.1) is 0 Å². The maximum Gasteiger partial charge on any atom is 0.224 e. The van der Waals surface area contributed by atoms with Crippen LogP contribution in [0.2, 0.25) is 0 Å². The zero-order chi connectivity index (χ0) is 13.2. The van der Waals surface area contributed by atoms with Crippen molar-refractivity contribution in [1.82, 2.24) is 9.97 Å². The molecule has 1 aliphatic heterocycles. The Balaban J connectivity index is 1.87. The third-order valence-electron chi connectivity index (χ3n) is 4.46. The van der Waals surface area contributed by atoms with Crippen LogP contribution in [0.1, 0.15) is 38.5 Å². The predicted molar refractivity (Wildman–Crippen MR) is 81.6 cm³/mol. The highest BCUT2D eigenvalue weighted by molar-refractivity contribution is 9.10. The highest BCUT2D eigenvalue weighted by Gasteiger charge is 2.34. The van der Waals surface area contributed by atoms with Gasteiger partial charge >= 0.3 is 0 Å². The van der Waals surface area contributed by atoms with E-state index in [0.717, 1.165) is 22.8 Å². The smallest absolute Gasteiger partial charge is 0.224 e. The van der Waals surface area contributed by atoms with Crippen LogP contribution < -0.4 is 10.2 Å². The first-order chi connectivity index (χ1) is 9.29. The number of rotatable bonds is 3. The van der Waals surface area contributed by atoms with Crippen LogP contribution in [0.5, 0.6) is 0 Å². The van der Waals surface area contributed by atoms with Crippen molar-refractivity contribution in [3.63, 3.8) is 0 Å². The van der Waals surface area contributed by atoms with Crippen LogP contribution >= 0.6 is 15.9 Å². The number of nitrogens with zero attached hydrogens (tertiary/aromatic N) is 3. The van der Waals surface area contributed by atoms with Crippen LogP contribution in [-0.4, -0.2) is 29.6 Å². The minimum Gasteiger partial charge on any atom is -0.357 e. The van der Waals surface area contributed by atoms with Gasteiger partial charge in [0.1, 0.15) is 5.82 Å². The molecule has 1 N–H and O–H groups in total. The maximum atomic E-state index is 4.65. The van der Waals surface area contributed by atoms with Crippen LogP contribution in [0.3, 0.4) is 0 Å². The van der Waals surface area contributed by atoms with Gasteiger partial charge in [0, 0.05) is 25.8 Å². The molecule has 1 aliphatic carbocycles. The number of nitrogens with one attached hydrogen (secondary N) is 1. The average Bonchev–Trinajstić information content (AvgIpc) is 3.09. The Morgan fingerprint density at radius 3 is 2.79 bits per heavy atom. The summed E-state index contributed by atoms with van der Waals surface area (Å²) in [6.45, 7) is 1.12. The van der Waals surface area contributed by atoms with Crippen LogP contribution in [0.4, 0.5) is 11.8 Å². The van der Waals surface area contributed by atoms with E-state index in [0.29, 0.717) is 12.0 Å². The molecule has 0 spiro atoms. The van der Waals surface area contributed by atoms with Crippen molar-refractivity contribution in [1.29, 1.82) is 0 Å².